The van der Waals surface area contributed by atoms with Crippen LogP contribution in [0.1, 0.15) is 32.6 Å². The van der Waals surface area contributed by atoms with Crippen molar-refractivity contribution in [3.8, 4) is 0 Å². The average Bonchev–Trinajstić information content (AvgIpc) is 2.71. The van der Waals surface area contributed by atoms with Crippen molar-refractivity contribution in [1.29, 1.82) is 0 Å². The van der Waals surface area contributed by atoms with Gasteiger partial charge in [-0.15, -0.1) is 0 Å². The molecule has 1 aromatic rings. The predicted octanol–water partition coefficient (Wildman–Crippen LogP) is 0.780. The van der Waals surface area contributed by atoms with Crippen molar-refractivity contribution in [2.24, 2.45) is 17.7 Å². The summed E-state index contributed by atoms with van der Waals surface area (Å²) >= 11 is 0. The Balaban J connectivity index is 2.07. The Morgan fingerprint density at radius 1 is 1.15 bits per heavy atom. The van der Waals surface area contributed by atoms with Crippen LogP contribution in [0.25, 0.3) is 0 Å². The molecule has 0 saturated heterocycles. The molecule has 3 atom stereocenters. The van der Waals surface area contributed by atoms with Gasteiger partial charge in [-0.25, -0.2) is 5.84 Å². The minimum atomic E-state index is -1.09. The standard InChI is InChI=1S/C19H29N5O3/c1-12(21-2)16(19(27)22-15-9-4-3-5-10-15)23-17(25)13-7-6-8-14(11-13)18(26)24-20/h3-5,9-10,13-14,19,21-22,27H,6-8,11,20H2,1-2H3,(H,23,25)(H,24,26)/b16-12+. The number of benzene rings is 1. The van der Waals surface area contributed by atoms with Crippen molar-refractivity contribution in [2.75, 3.05) is 12.4 Å². The molecular formula is C19H29N5O3. The number of aliphatic hydroxyl groups excluding tert-OH is 1. The molecule has 1 aromatic carbocycles. The second-order valence-electron chi connectivity index (χ2n) is 6.76. The van der Waals surface area contributed by atoms with Crippen LogP contribution >= 0.6 is 0 Å². The molecule has 0 spiro atoms. The summed E-state index contributed by atoms with van der Waals surface area (Å²) in [4.78, 5) is 24.6. The first-order chi connectivity index (χ1) is 13.0. The number of para-hydroxylation sites is 1. The number of anilines is 1. The summed E-state index contributed by atoms with van der Waals surface area (Å²) in [6, 6.07) is 9.24. The highest BCUT2D eigenvalue weighted by Gasteiger charge is 2.32. The van der Waals surface area contributed by atoms with Gasteiger partial charge in [0.25, 0.3) is 0 Å². The number of nitrogens with one attached hydrogen (secondary N) is 4. The molecule has 148 valence electrons. The van der Waals surface area contributed by atoms with E-state index in [1.807, 2.05) is 30.3 Å². The Morgan fingerprint density at radius 2 is 1.78 bits per heavy atom. The van der Waals surface area contributed by atoms with Crippen LogP contribution in [-0.4, -0.2) is 30.2 Å². The van der Waals surface area contributed by atoms with Gasteiger partial charge < -0.3 is 21.1 Å². The topological polar surface area (TPSA) is 129 Å². The summed E-state index contributed by atoms with van der Waals surface area (Å²) in [6.07, 6.45) is 1.57. The van der Waals surface area contributed by atoms with Crippen LogP contribution in [0.4, 0.5) is 5.69 Å². The number of hydrogen-bond donors (Lipinski definition) is 6. The van der Waals surface area contributed by atoms with Crippen molar-refractivity contribution < 1.29 is 14.7 Å². The van der Waals surface area contributed by atoms with Gasteiger partial charge in [0, 0.05) is 30.3 Å². The first kappa shape index (κ1) is 20.7. The normalized spacial score (nSPS) is 21.5. The van der Waals surface area contributed by atoms with Crippen LogP contribution in [0.5, 0.6) is 0 Å². The highest BCUT2D eigenvalue weighted by atomic mass is 16.3. The monoisotopic (exact) mass is 375 g/mol. The van der Waals surface area contributed by atoms with Crippen LogP contribution in [0.15, 0.2) is 41.7 Å². The fourth-order valence-corrected chi connectivity index (χ4v) is 3.28. The van der Waals surface area contributed by atoms with Crippen LogP contribution in [-0.2, 0) is 9.59 Å². The number of nitrogens with two attached hydrogens (primary N) is 1. The summed E-state index contributed by atoms with van der Waals surface area (Å²) in [5.41, 5.74) is 3.90. The second-order valence-corrected chi connectivity index (χ2v) is 6.76. The second kappa shape index (κ2) is 9.94. The summed E-state index contributed by atoms with van der Waals surface area (Å²) in [7, 11) is 1.72. The van der Waals surface area contributed by atoms with Crippen molar-refractivity contribution in [2.45, 2.75) is 38.8 Å². The minimum Gasteiger partial charge on any atom is -0.390 e. The number of allylic oxidation sites excluding steroid dienone is 1. The molecule has 0 aliphatic heterocycles. The zero-order chi connectivity index (χ0) is 19.8. The smallest absolute Gasteiger partial charge is 0.237 e. The first-order valence-corrected chi connectivity index (χ1v) is 9.15. The van der Waals surface area contributed by atoms with Crippen LogP contribution in [0.2, 0.25) is 0 Å². The van der Waals surface area contributed by atoms with E-state index in [0.717, 1.165) is 18.5 Å². The molecule has 1 aliphatic rings. The fraction of sp³-hybridized carbons (Fsp3) is 0.474. The first-order valence-electron chi connectivity index (χ1n) is 9.15. The van der Waals surface area contributed by atoms with Crippen molar-refractivity contribution in [1.82, 2.24) is 16.1 Å². The molecular weight excluding hydrogens is 346 g/mol. The Kier molecular flexibility index (Phi) is 7.63. The average molecular weight is 375 g/mol. The number of amides is 2. The number of hydrogen-bond acceptors (Lipinski definition) is 6. The fourth-order valence-electron chi connectivity index (χ4n) is 3.28. The van der Waals surface area contributed by atoms with Gasteiger partial charge in [-0.1, -0.05) is 24.6 Å². The third-order valence-corrected chi connectivity index (χ3v) is 4.95. The quantitative estimate of drug-likeness (QED) is 0.181. The van der Waals surface area contributed by atoms with Gasteiger partial charge in [0.15, 0.2) is 6.23 Å². The van der Waals surface area contributed by atoms with E-state index in [9.17, 15) is 14.7 Å². The molecule has 2 rings (SSSR count). The molecule has 0 bridgehead atoms. The van der Waals surface area contributed by atoms with E-state index >= 15 is 0 Å². The molecule has 27 heavy (non-hydrogen) atoms. The molecule has 0 heterocycles. The molecule has 8 nitrogen and oxygen atoms in total. The predicted molar refractivity (Wildman–Crippen MR) is 104 cm³/mol. The Bertz CT molecular complexity index is 677. The zero-order valence-electron chi connectivity index (χ0n) is 15.8. The highest BCUT2D eigenvalue weighted by molar-refractivity contribution is 5.83. The minimum absolute atomic E-state index is 0.206. The lowest BCUT2D eigenvalue weighted by atomic mass is 9.80. The van der Waals surface area contributed by atoms with Crippen molar-refractivity contribution >= 4 is 17.5 Å². The maximum absolute atomic E-state index is 12.8. The molecule has 3 unspecified atom stereocenters. The molecule has 7 N–H and O–H groups in total. The largest absolute Gasteiger partial charge is 0.390 e. The van der Waals surface area contributed by atoms with Gasteiger partial charge in [-0.2, -0.15) is 0 Å². The van der Waals surface area contributed by atoms with Gasteiger partial charge in [-0.3, -0.25) is 15.0 Å². The van der Waals surface area contributed by atoms with Gasteiger partial charge >= 0.3 is 0 Å². The van der Waals surface area contributed by atoms with E-state index in [2.05, 4.69) is 21.4 Å². The number of carbonyl (C=O) groups excluding carboxylic acids is 2. The SMILES string of the molecule is CN/C(C)=C(/NC(=O)C1CCCC(C(=O)NN)C1)C(O)Nc1ccccc1. The Hall–Kier alpha value is -2.58. The summed E-state index contributed by atoms with van der Waals surface area (Å²) in [5, 5.41) is 19.3. The third kappa shape index (κ3) is 5.70. The summed E-state index contributed by atoms with van der Waals surface area (Å²) in [6.45, 7) is 1.77. The van der Waals surface area contributed by atoms with Crippen molar-refractivity contribution in [3.05, 3.63) is 41.7 Å². The Morgan fingerprint density at radius 3 is 2.37 bits per heavy atom. The number of aliphatic hydroxyl groups is 1. The molecule has 2 amide bonds. The van der Waals surface area contributed by atoms with E-state index in [1.54, 1.807) is 14.0 Å². The van der Waals surface area contributed by atoms with Gasteiger partial charge in [-0.05, 0) is 38.3 Å². The highest BCUT2D eigenvalue weighted by Crippen LogP contribution is 2.29. The van der Waals surface area contributed by atoms with E-state index in [1.165, 1.54) is 0 Å². The maximum atomic E-state index is 12.8. The summed E-state index contributed by atoms with van der Waals surface area (Å²) in [5.74, 6) is 4.22. The Labute approximate surface area is 159 Å². The molecule has 0 radical (unpaired) electrons. The third-order valence-electron chi connectivity index (χ3n) is 4.95. The molecule has 0 aromatic heterocycles. The van der Waals surface area contributed by atoms with Crippen LogP contribution < -0.4 is 27.2 Å². The van der Waals surface area contributed by atoms with E-state index in [0.29, 0.717) is 24.2 Å². The lowest BCUT2D eigenvalue weighted by molar-refractivity contribution is -0.130. The summed E-state index contributed by atoms with van der Waals surface area (Å²) < 4.78 is 0. The number of rotatable bonds is 7. The van der Waals surface area contributed by atoms with Gasteiger partial charge in [0.1, 0.15) is 0 Å². The lowest BCUT2D eigenvalue weighted by Gasteiger charge is -2.28. The number of carbonyl (C=O) groups is 2. The van der Waals surface area contributed by atoms with Crippen LogP contribution in [0.3, 0.4) is 0 Å². The molecule has 1 aliphatic carbocycles. The van der Waals surface area contributed by atoms with E-state index < -0.39 is 6.23 Å². The van der Waals surface area contributed by atoms with Crippen molar-refractivity contribution in [3.63, 3.8) is 0 Å². The van der Waals surface area contributed by atoms with E-state index in [-0.39, 0.29) is 23.7 Å². The van der Waals surface area contributed by atoms with Crippen LogP contribution in [0, 0.1) is 11.8 Å². The maximum Gasteiger partial charge on any atom is 0.237 e. The molecule has 8 heteroatoms. The van der Waals surface area contributed by atoms with E-state index in [4.69, 9.17) is 5.84 Å². The lowest BCUT2D eigenvalue weighted by Crippen LogP contribution is -2.43. The van der Waals surface area contributed by atoms with Gasteiger partial charge in [0.05, 0.1) is 5.70 Å². The van der Waals surface area contributed by atoms with Gasteiger partial charge in [0.2, 0.25) is 11.8 Å². The molecule has 1 saturated carbocycles. The zero-order valence-corrected chi connectivity index (χ0v) is 15.8. The molecule has 1 fully saturated rings. The number of hydrazine groups is 1.